The first-order chi connectivity index (χ1) is 10.5. The molecule has 0 N–H and O–H groups in total. The second-order valence-electron chi connectivity index (χ2n) is 4.89. The minimum atomic E-state index is -6.57. The van der Waals surface area contributed by atoms with Crippen molar-refractivity contribution in [3.05, 3.63) is 5.92 Å². The second kappa shape index (κ2) is 6.59. The van der Waals surface area contributed by atoms with Crippen LogP contribution < -0.4 is 0 Å². The molecule has 0 aromatic heterocycles. The molecule has 151 valence electrons. The number of halogens is 15. The zero-order chi connectivity index (χ0) is 20.7. The third-order valence-corrected chi connectivity index (χ3v) is 2.66. The lowest BCUT2D eigenvalue weighted by Crippen LogP contribution is -2.45. The van der Waals surface area contributed by atoms with E-state index in [0.717, 1.165) is 0 Å². The van der Waals surface area contributed by atoms with E-state index in [1.54, 1.807) is 0 Å². The summed E-state index contributed by atoms with van der Waals surface area (Å²) in [5, 5.41) is 0. The van der Waals surface area contributed by atoms with Gasteiger partial charge >= 0.3 is 36.3 Å². The monoisotopic (exact) mass is 411 g/mol. The molecule has 0 bridgehead atoms. The maximum Gasteiger partial charge on any atom is 0.453 e. The van der Waals surface area contributed by atoms with Gasteiger partial charge in [-0.2, -0.15) is 65.9 Å². The highest BCUT2D eigenvalue weighted by Crippen LogP contribution is 2.50. The van der Waals surface area contributed by atoms with Gasteiger partial charge in [-0.05, 0) is 5.92 Å². The Labute approximate surface area is 129 Å². The Hall–Kier alpha value is -1.05. The highest BCUT2D eigenvalue weighted by atomic mass is 19.4. The molecule has 0 atom stereocenters. The van der Waals surface area contributed by atoms with Crippen LogP contribution in [0.15, 0.2) is 0 Å². The Bertz CT molecular complexity index is 370. The van der Waals surface area contributed by atoms with E-state index in [9.17, 15) is 65.9 Å². The van der Waals surface area contributed by atoms with Crippen LogP contribution in [0, 0.1) is 5.92 Å². The molecule has 0 nitrogen and oxygen atoms in total. The second-order valence-corrected chi connectivity index (χ2v) is 4.89. The number of hydrogen-bond donors (Lipinski definition) is 0. The molecular weight excluding hydrogens is 405 g/mol. The minimum Gasteiger partial charge on any atom is -0.196 e. The smallest absolute Gasteiger partial charge is 0.196 e. The van der Waals surface area contributed by atoms with Crippen molar-refractivity contribution in [3.63, 3.8) is 0 Å². The van der Waals surface area contributed by atoms with E-state index in [4.69, 9.17) is 0 Å². The van der Waals surface area contributed by atoms with Gasteiger partial charge in [-0.3, -0.25) is 0 Å². The van der Waals surface area contributed by atoms with Gasteiger partial charge in [-0.25, -0.2) is 0 Å². The van der Waals surface area contributed by atoms with Gasteiger partial charge in [0, 0.05) is 19.3 Å². The van der Waals surface area contributed by atoms with E-state index in [1.165, 1.54) is 0 Å². The van der Waals surface area contributed by atoms with Crippen molar-refractivity contribution < 1.29 is 65.9 Å². The van der Waals surface area contributed by atoms with Gasteiger partial charge in [0.1, 0.15) is 0 Å². The fraction of sp³-hybridized carbons (Fsp3) is 0.900. The van der Waals surface area contributed by atoms with Crippen molar-refractivity contribution in [1.82, 2.24) is 0 Å². The standard InChI is InChI=1S/C10H6F15/c11-5(12,8(17,18)19)1-4(2-6(13,14)9(20,21)22)3-7(15,16)10(23,24)25/h1-3H2. The lowest BCUT2D eigenvalue weighted by molar-refractivity contribution is -0.301. The molecule has 0 saturated heterocycles. The number of hydrogen-bond acceptors (Lipinski definition) is 0. The summed E-state index contributed by atoms with van der Waals surface area (Å²) < 4.78 is 184. The summed E-state index contributed by atoms with van der Waals surface area (Å²) in [5.41, 5.74) is 0. The lowest BCUT2D eigenvalue weighted by Gasteiger charge is -2.31. The molecule has 0 amide bonds. The molecule has 0 spiro atoms. The van der Waals surface area contributed by atoms with Gasteiger partial charge in [0.2, 0.25) is 0 Å². The number of alkyl halides is 15. The van der Waals surface area contributed by atoms with Crippen molar-refractivity contribution in [1.29, 1.82) is 0 Å². The van der Waals surface area contributed by atoms with Crippen LogP contribution in [-0.2, 0) is 0 Å². The van der Waals surface area contributed by atoms with Crippen molar-refractivity contribution in [2.24, 2.45) is 0 Å². The maximum atomic E-state index is 12.7. The first-order valence-corrected chi connectivity index (χ1v) is 5.71. The molecular formula is C10H6F15. The van der Waals surface area contributed by atoms with Gasteiger partial charge < -0.3 is 0 Å². The van der Waals surface area contributed by atoms with Crippen LogP contribution in [0.25, 0.3) is 0 Å². The zero-order valence-electron chi connectivity index (χ0n) is 11.3. The molecule has 0 saturated carbocycles. The summed E-state index contributed by atoms with van der Waals surface area (Å²) in [6.45, 7) is 0. The quantitative estimate of drug-likeness (QED) is 0.449. The summed E-state index contributed by atoms with van der Waals surface area (Å²) >= 11 is 0. The van der Waals surface area contributed by atoms with E-state index in [2.05, 4.69) is 0 Å². The molecule has 0 rings (SSSR count). The first-order valence-electron chi connectivity index (χ1n) is 5.71. The van der Waals surface area contributed by atoms with E-state index < -0.39 is 61.5 Å². The Morgan fingerprint density at radius 2 is 0.520 bits per heavy atom. The van der Waals surface area contributed by atoms with Crippen molar-refractivity contribution in [2.45, 2.75) is 55.6 Å². The summed E-state index contributed by atoms with van der Waals surface area (Å²) in [6, 6.07) is 0. The SMILES string of the molecule is FC(F)(F)C(F)(F)C[C](CC(F)(F)C(F)(F)F)CC(F)(F)C(F)(F)F. The normalized spacial score (nSPS) is 15.8. The van der Waals surface area contributed by atoms with Crippen molar-refractivity contribution >= 4 is 0 Å². The first kappa shape index (κ1) is 23.9. The topological polar surface area (TPSA) is 0 Å². The highest BCUT2D eigenvalue weighted by Gasteiger charge is 2.65. The fourth-order valence-electron chi connectivity index (χ4n) is 1.43. The van der Waals surface area contributed by atoms with Gasteiger partial charge in [0.15, 0.2) is 0 Å². The van der Waals surface area contributed by atoms with E-state index in [-0.39, 0.29) is 0 Å². The van der Waals surface area contributed by atoms with Crippen LogP contribution in [0.3, 0.4) is 0 Å². The summed E-state index contributed by atoms with van der Waals surface area (Å²) in [5.74, 6) is -20.9. The highest BCUT2D eigenvalue weighted by molar-refractivity contribution is 5.05. The summed E-state index contributed by atoms with van der Waals surface area (Å²) in [7, 11) is 0. The molecule has 0 aromatic rings. The van der Waals surface area contributed by atoms with E-state index in [1.807, 2.05) is 0 Å². The lowest BCUT2D eigenvalue weighted by atomic mass is 9.88. The summed E-state index contributed by atoms with van der Waals surface area (Å²) in [4.78, 5) is 0. The Morgan fingerprint density at radius 1 is 0.360 bits per heavy atom. The molecule has 0 heterocycles. The van der Waals surface area contributed by atoms with Crippen LogP contribution in [0.2, 0.25) is 0 Å². The largest absolute Gasteiger partial charge is 0.453 e. The molecule has 25 heavy (non-hydrogen) atoms. The van der Waals surface area contributed by atoms with Crippen molar-refractivity contribution in [2.75, 3.05) is 0 Å². The number of rotatable bonds is 6. The molecule has 0 aromatic carbocycles. The van der Waals surface area contributed by atoms with E-state index >= 15 is 0 Å². The third-order valence-electron chi connectivity index (χ3n) is 2.66. The van der Waals surface area contributed by atoms with Crippen LogP contribution in [0.4, 0.5) is 65.9 Å². The minimum absolute atomic E-state index is 2.65. The van der Waals surface area contributed by atoms with Gasteiger partial charge in [0.05, 0.1) is 0 Å². The summed E-state index contributed by atoms with van der Waals surface area (Å²) in [6.07, 6.45) is -29.3. The predicted molar refractivity (Wildman–Crippen MR) is 50.1 cm³/mol. The van der Waals surface area contributed by atoms with Gasteiger partial charge in [-0.15, -0.1) is 0 Å². The van der Waals surface area contributed by atoms with Gasteiger partial charge in [0.25, 0.3) is 0 Å². The van der Waals surface area contributed by atoms with E-state index in [0.29, 0.717) is 0 Å². The maximum absolute atomic E-state index is 12.7. The van der Waals surface area contributed by atoms with Gasteiger partial charge in [-0.1, -0.05) is 0 Å². The molecule has 0 aliphatic rings. The Kier molecular flexibility index (Phi) is 6.32. The van der Waals surface area contributed by atoms with Crippen LogP contribution in [-0.4, -0.2) is 36.3 Å². The molecule has 0 unspecified atom stereocenters. The third kappa shape index (κ3) is 6.01. The Balaban J connectivity index is 5.70. The molecule has 0 aliphatic carbocycles. The van der Waals surface area contributed by atoms with Crippen LogP contribution >= 0.6 is 0 Å². The van der Waals surface area contributed by atoms with Crippen LogP contribution in [0.5, 0.6) is 0 Å². The van der Waals surface area contributed by atoms with Crippen molar-refractivity contribution in [3.8, 4) is 0 Å². The molecule has 0 aliphatic heterocycles. The molecule has 0 fully saturated rings. The zero-order valence-corrected chi connectivity index (χ0v) is 11.3. The fourth-order valence-corrected chi connectivity index (χ4v) is 1.43. The molecule has 1 radical (unpaired) electrons. The average Bonchev–Trinajstić information content (AvgIpc) is 2.21. The average molecular weight is 411 g/mol. The predicted octanol–water partition coefficient (Wildman–Crippen LogP) is 6.32. The van der Waals surface area contributed by atoms with Crippen LogP contribution in [0.1, 0.15) is 19.3 Å². The Morgan fingerprint density at radius 3 is 0.640 bits per heavy atom. The molecule has 15 heteroatoms.